The Bertz CT molecular complexity index is 323. The van der Waals surface area contributed by atoms with E-state index in [-0.39, 0.29) is 0 Å². The summed E-state index contributed by atoms with van der Waals surface area (Å²) in [5.74, 6) is 3.31. The van der Waals surface area contributed by atoms with Crippen molar-refractivity contribution < 1.29 is 9.59 Å². The molecule has 0 spiro atoms. The van der Waals surface area contributed by atoms with Crippen LogP contribution in [0.3, 0.4) is 0 Å². The van der Waals surface area contributed by atoms with E-state index in [2.05, 4.69) is 0 Å². The molecule has 0 fully saturated rings. The van der Waals surface area contributed by atoms with Crippen molar-refractivity contribution in [1.29, 1.82) is 0 Å². The van der Waals surface area contributed by atoms with Crippen molar-refractivity contribution in [2.75, 3.05) is 5.01 Å². The van der Waals surface area contributed by atoms with Gasteiger partial charge < -0.3 is 5.73 Å². The number of carbonyl (C=O) groups is 2. The first-order valence-corrected chi connectivity index (χ1v) is 3.56. The first-order valence-electron chi connectivity index (χ1n) is 3.56. The fourth-order valence-corrected chi connectivity index (χ4v) is 0.825. The average molecular weight is 179 g/mol. The van der Waals surface area contributed by atoms with Crippen LogP contribution in [0.25, 0.3) is 0 Å². The molecule has 0 bridgehead atoms. The summed E-state index contributed by atoms with van der Waals surface area (Å²) in [6.07, 6.45) is 0. The summed E-state index contributed by atoms with van der Waals surface area (Å²) in [6, 6.07) is 8.36. The van der Waals surface area contributed by atoms with E-state index in [1.54, 1.807) is 30.3 Å². The third-order valence-electron chi connectivity index (χ3n) is 1.46. The van der Waals surface area contributed by atoms with Gasteiger partial charge in [-0.05, 0) is 12.1 Å². The summed E-state index contributed by atoms with van der Waals surface area (Å²) in [7, 11) is 0. The van der Waals surface area contributed by atoms with Gasteiger partial charge in [0.2, 0.25) is 0 Å². The number of anilines is 1. The lowest BCUT2D eigenvalue weighted by Gasteiger charge is -2.13. The molecule has 1 rings (SSSR count). The van der Waals surface area contributed by atoms with Crippen LogP contribution in [0.15, 0.2) is 30.3 Å². The van der Waals surface area contributed by atoms with Gasteiger partial charge in [0.15, 0.2) is 0 Å². The lowest BCUT2D eigenvalue weighted by atomic mass is 10.3. The maximum atomic E-state index is 11.0. The van der Waals surface area contributed by atoms with Crippen molar-refractivity contribution in [3.8, 4) is 0 Å². The molecule has 4 N–H and O–H groups in total. The highest BCUT2D eigenvalue weighted by Gasteiger charge is 2.16. The van der Waals surface area contributed by atoms with Gasteiger partial charge in [-0.3, -0.25) is 9.59 Å². The van der Waals surface area contributed by atoms with Gasteiger partial charge in [0.1, 0.15) is 0 Å². The number of hydrogen-bond donors (Lipinski definition) is 2. The van der Waals surface area contributed by atoms with Crippen LogP contribution >= 0.6 is 0 Å². The molecular weight excluding hydrogens is 170 g/mol. The Morgan fingerprint density at radius 3 is 2.15 bits per heavy atom. The Balaban J connectivity index is 2.86. The smallest absolute Gasteiger partial charge is 0.330 e. The van der Waals surface area contributed by atoms with Crippen LogP contribution in [0.5, 0.6) is 0 Å². The monoisotopic (exact) mass is 179 g/mol. The molecule has 0 aliphatic heterocycles. The van der Waals surface area contributed by atoms with Crippen molar-refractivity contribution in [3.63, 3.8) is 0 Å². The Kier molecular flexibility index (Phi) is 2.61. The molecule has 13 heavy (non-hydrogen) atoms. The van der Waals surface area contributed by atoms with E-state index in [9.17, 15) is 9.59 Å². The highest BCUT2D eigenvalue weighted by Crippen LogP contribution is 2.08. The van der Waals surface area contributed by atoms with Crippen LogP contribution in [-0.4, -0.2) is 11.8 Å². The molecule has 5 nitrogen and oxygen atoms in total. The van der Waals surface area contributed by atoms with Gasteiger partial charge in [0.25, 0.3) is 0 Å². The molecule has 0 saturated carbocycles. The first kappa shape index (κ1) is 9.21. The normalized spacial score (nSPS) is 9.31. The number of primary amides is 1. The van der Waals surface area contributed by atoms with Crippen molar-refractivity contribution in [3.05, 3.63) is 30.3 Å². The van der Waals surface area contributed by atoms with Gasteiger partial charge in [-0.1, -0.05) is 18.2 Å². The average Bonchev–Trinajstić information content (AvgIpc) is 2.17. The second-order valence-electron chi connectivity index (χ2n) is 2.37. The van der Waals surface area contributed by atoms with E-state index in [0.29, 0.717) is 10.7 Å². The van der Waals surface area contributed by atoms with E-state index in [4.69, 9.17) is 11.6 Å². The summed E-state index contributed by atoms with van der Waals surface area (Å²) in [5.41, 5.74) is 5.19. The molecule has 0 saturated heterocycles. The van der Waals surface area contributed by atoms with Crippen molar-refractivity contribution in [2.24, 2.45) is 11.6 Å². The second-order valence-corrected chi connectivity index (χ2v) is 2.37. The van der Waals surface area contributed by atoms with Crippen LogP contribution in [-0.2, 0) is 9.59 Å². The summed E-state index contributed by atoms with van der Waals surface area (Å²) < 4.78 is 0. The maximum Gasteiger partial charge on any atom is 0.330 e. The Morgan fingerprint density at radius 2 is 1.69 bits per heavy atom. The summed E-state index contributed by atoms with van der Waals surface area (Å²) >= 11 is 0. The maximum absolute atomic E-state index is 11.0. The van der Waals surface area contributed by atoms with E-state index < -0.39 is 11.8 Å². The van der Waals surface area contributed by atoms with Gasteiger partial charge in [0.05, 0.1) is 5.69 Å². The van der Waals surface area contributed by atoms with Crippen LogP contribution in [0, 0.1) is 0 Å². The predicted octanol–water partition coefficient (Wildman–Crippen LogP) is -0.621. The Hall–Kier alpha value is -1.88. The third-order valence-corrected chi connectivity index (χ3v) is 1.46. The zero-order chi connectivity index (χ0) is 9.84. The first-order chi connectivity index (χ1) is 6.13. The van der Waals surface area contributed by atoms with Crippen LogP contribution < -0.4 is 16.6 Å². The van der Waals surface area contributed by atoms with Crippen molar-refractivity contribution in [2.45, 2.75) is 0 Å². The lowest BCUT2D eigenvalue weighted by molar-refractivity contribution is -0.135. The van der Waals surface area contributed by atoms with Gasteiger partial charge in [-0.25, -0.2) is 10.9 Å². The molecule has 0 radical (unpaired) electrons. The number of carbonyl (C=O) groups excluding carboxylic acids is 2. The minimum atomic E-state index is -1.08. The molecule has 0 atom stereocenters. The Morgan fingerprint density at radius 1 is 1.15 bits per heavy atom. The molecule has 0 aliphatic carbocycles. The number of amides is 2. The largest absolute Gasteiger partial charge is 0.361 e. The fraction of sp³-hybridized carbons (Fsp3) is 0. The second kappa shape index (κ2) is 3.68. The van der Waals surface area contributed by atoms with E-state index in [1.807, 2.05) is 0 Å². The molecule has 5 heteroatoms. The molecule has 0 aliphatic rings. The molecule has 1 aromatic carbocycles. The predicted molar refractivity (Wildman–Crippen MR) is 47.3 cm³/mol. The quantitative estimate of drug-likeness (QED) is 0.260. The standard InChI is InChI=1S/C8H9N3O2/c9-7(12)8(13)11(10)6-4-2-1-3-5-6/h1-5H,10H2,(H2,9,12). The topological polar surface area (TPSA) is 89.4 Å². The van der Waals surface area contributed by atoms with Crippen LogP contribution in [0.4, 0.5) is 5.69 Å². The van der Waals surface area contributed by atoms with Crippen molar-refractivity contribution >= 4 is 17.5 Å². The zero-order valence-corrected chi connectivity index (χ0v) is 6.81. The zero-order valence-electron chi connectivity index (χ0n) is 6.81. The fourth-order valence-electron chi connectivity index (χ4n) is 0.825. The summed E-state index contributed by atoms with van der Waals surface area (Å²) in [6.45, 7) is 0. The third kappa shape index (κ3) is 2.03. The number of para-hydroxylation sites is 1. The van der Waals surface area contributed by atoms with E-state index >= 15 is 0 Å². The van der Waals surface area contributed by atoms with E-state index in [1.165, 1.54) is 0 Å². The molecule has 0 unspecified atom stereocenters. The molecule has 0 heterocycles. The highest BCUT2D eigenvalue weighted by molar-refractivity contribution is 6.39. The van der Waals surface area contributed by atoms with Gasteiger partial charge in [-0.2, -0.15) is 0 Å². The van der Waals surface area contributed by atoms with Crippen LogP contribution in [0.1, 0.15) is 0 Å². The molecular formula is C8H9N3O2. The van der Waals surface area contributed by atoms with Crippen molar-refractivity contribution in [1.82, 2.24) is 0 Å². The number of nitrogens with zero attached hydrogens (tertiary/aromatic N) is 1. The minimum absolute atomic E-state index is 0.423. The number of benzene rings is 1. The molecule has 68 valence electrons. The van der Waals surface area contributed by atoms with Crippen LogP contribution in [0.2, 0.25) is 0 Å². The van der Waals surface area contributed by atoms with Gasteiger partial charge >= 0.3 is 11.8 Å². The van der Waals surface area contributed by atoms with Gasteiger partial charge in [0, 0.05) is 0 Å². The molecule has 1 aromatic rings. The number of hydrogen-bond acceptors (Lipinski definition) is 3. The SMILES string of the molecule is NC(=O)C(=O)N(N)c1ccccc1. The summed E-state index contributed by atoms with van der Waals surface area (Å²) in [5, 5.41) is 0.711. The minimum Gasteiger partial charge on any atom is -0.361 e. The molecule has 2 amide bonds. The summed E-state index contributed by atoms with van der Waals surface area (Å²) in [4.78, 5) is 21.4. The Labute approximate surface area is 74.9 Å². The lowest BCUT2D eigenvalue weighted by Crippen LogP contribution is -2.45. The van der Waals surface area contributed by atoms with Gasteiger partial charge in [-0.15, -0.1) is 0 Å². The number of nitrogens with two attached hydrogens (primary N) is 2. The molecule has 0 aromatic heterocycles. The van der Waals surface area contributed by atoms with E-state index in [0.717, 1.165) is 0 Å². The highest BCUT2D eigenvalue weighted by atomic mass is 16.2. The number of hydrazine groups is 1. The number of rotatable bonds is 1.